The number of rotatable bonds is 3. The van der Waals surface area contributed by atoms with Gasteiger partial charge in [-0.25, -0.2) is 0 Å². The quantitative estimate of drug-likeness (QED) is 0.432. The Kier molecular flexibility index (Phi) is 3.37. The van der Waals surface area contributed by atoms with Gasteiger partial charge in [-0.2, -0.15) is 9.97 Å². The second-order valence-corrected chi connectivity index (χ2v) is 3.65. The number of nitro groups is 1. The first-order valence-corrected chi connectivity index (χ1v) is 5.32. The highest BCUT2D eigenvalue weighted by Gasteiger charge is 2.13. The maximum atomic E-state index is 10.8. The molecule has 0 atom stereocenters. The van der Waals surface area contributed by atoms with Gasteiger partial charge < -0.3 is 17.2 Å². The van der Waals surface area contributed by atoms with E-state index in [-0.39, 0.29) is 34.6 Å². The molecule has 10 heteroatoms. The first-order valence-electron chi connectivity index (χ1n) is 5.32. The molecule has 2 aromatic rings. The van der Waals surface area contributed by atoms with Crippen LogP contribution in [0.1, 0.15) is 0 Å². The number of nitrogen functional groups attached to an aromatic ring is 3. The van der Waals surface area contributed by atoms with E-state index in [0.717, 1.165) is 0 Å². The van der Waals surface area contributed by atoms with E-state index < -0.39 is 4.92 Å². The van der Waals surface area contributed by atoms with E-state index in [1.165, 1.54) is 18.2 Å². The highest BCUT2D eigenvalue weighted by atomic mass is 16.6. The summed E-state index contributed by atoms with van der Waals surface area (Å²) < 4.78 is 0. The van der Waals surface area contributed by atoms with Crippen molar-refractivity contribution in [1.82, 2.24) is 9.97 Å². The minimum atomic E-state index is -0.569. The molecule has 0 unspecified atom stereocenters. The van der Waals surface area contributed by atoms with Crippen molar-refractivity contribution in [2.24, 2.45) is 10.2 Å². The van der Waals surface area contributed by atoms with Gasteiger partial charge in [0.15, 0.2) is 23.0 Å². The molecule has 0 spiro atoms. The molecule has 6 N–H and O–H groups in total. The second-order valence-electron chi connectivity index (χ2n) is 3.65. The Hall–Kier alpha value is -3.30. The predicted octanol–water partition coefficient (Wildman–Crippen LogP) is 1.55. The Balaban J connectivity index is 2.43. The zero-order chi connectivity index (χ0) is 14.7. The van der Waals surface area contributed by atoms with Crippen LogP contribution >= 0.6 is 0 Å². The van der Waals surface area contributed by atoms with Gasteiger partial charge in [0.1, 0.15) is 0 Å². The molecule has 102 valence electrons. The van der Waals surface area contributed by atoms with E-state index >= 15 is 0 Å². The number of anilines is 3. The molecule has 0 saturated carbocycles. The molecule has 0 saturated heterocycles. The second kappa shape index (κ2) is 5.14. The van der Waals surface area contributed by atoms with Crippen LogP contribution in [0.5, 0.6) is 0 Å². The molecule has 1 aromatic heterocycles. The van der Waals surface area contributed by atoms with Gasteiger partial charge in [-0.3, -0.25) is 10.1 Å². The van der Waals surface area contributed by atoms with Gasteiger partial charge in [-0.1, -0.05) is 12.1 Å². The molecular formula is C10H10N8O2. The Labute approximate surface area is 112 Å². The minimum absolute atomic E-state index is 0.0114. The number of nitro benzene ring substituents is 1. The number of hydrogen-bond donors (Lipinski definition) is 3. The van der Waals surface area contributed by atoms with Crippen molar-refractivity contribution >= 4 is 34.6 Å². The average Bonchev–Trinajstić information content (AvgIpc) is 2.37. The summed E-state index contributed by atoms with van der Waals surface area (Å²) in [7, 11) is 0. The maximum Gasteiger partial charge on any atom is 0.296 e. The van der Waals surface area contributed by atoms with E-state index in [9.17, 15) is 10.1 Å². The average molecular weight is 274 g/mol. The van der Waals surface area contributed by atoms with Crippen molar-refractivity contribution < 1.29 is 4.92 Å². The molecule has 0 radical (unpaired) electrons. The van der Waals surface area contributed by atoms with Crippen LogP contribution in [0.2, 0.25) is 0 Å². The zero-order valence-electron chi connectivity index (χ0n) is 10.1. The van der Waals surface area contributed by atoms with Crippen LogP contribution in [0.4, 0.5) is 34.6 Å². The third-order valence-corrected chi connectivity index (χ3v) is 2.29. The van der Waals surface area contributed by atoms with Crippen molar-refractivity contribution in [3.05, 3.63) is 34.4 Å². The lowest BCUT2D eigenvalue weighted by Gasteiger charge is -2.02. The molecule has 0 aliphatic heterocycles. The lowest BCUT2D eigenvalue weighted by Crippen LogP contribution is -2.03. The smallest absolute Gasteiger partial charge is 0.296 e. The number of nitrogens with two attached hydrogens (primary N) is 3. The van der Waals surface area contributed by atoms with Gasteiger partial charge >= 0.3 is 0 Å². The Bertz CT molecular complexity index is 676. The molecule has 2 rings (SSSR count). The van der Waals surface area contributed by atoms with E-state index in [0.29, 0.717) is 0 Å². The van der Waals surface area contributed by atoms with Crippen LogP contribution in [0.15, 0.2) is 34.5 Å². The topological polar surface area (TPSA) is 172 Å². The molecule has 10 nitrogen and oxygen atoms in total. The summed E-state index contributed by atoms with van der Waals surface area (Å²) in [6, 6.07) is 5.85. The summed E-state index contributed by atoms with van der Waals surface area (Å²) in [5.74, 6) is -0.209. The lowest BCUT2D eigenvalue weighted by molar-refractivity contribution is -0.384. The molecule has 0 aliphatic carbocycles. The van der Waals surface area contributed by atoms with E-state index in [1.807, 2.05) is 0 Å². The number of para-hydroxylation sites is 1. The third-order valence-electron chi connectivity index (χ3n) is 2.29. The highest BCUT2D eigenvalue weighted by Crippen LogP contribution is 2.32. The third kappa shape index (κ3) is 2.58. The maximum absolute atomic E-state index is 10.8. The van der Waals surface area contributed by atoms with Crippen molar-refractivity contribution in [2.45, 2.75) is 0 Å². The summed E-state index contributed by atoms with van der Waals surface area (Å²) in [5, 5.41) is 18.3. The monoisotopic (exact) mass is 274 g/mol. The van der Waals surface area contributed by atoms with Gasteiger partial charge in [-0.05, 0) is 6.07 Å². The fraction of sp³-hybridized carbons (Fsp3) is 0. The van der Waals surface area contributed by atoms with Crippen LogP contribution < -0.4 is 17.2 Å². The summed E-state index contributed by atoms with van der Waals surface area (Å²) >= 11 is 0. The van der Waals surface area contributed by atoms with Gasteiger partial charge in [0.05, 0.1) is 4.92 Å². The summed E-state index contributed by atoms with van der Waals surface area (Å²) in [5.41, 5.74) is 16.4. The van der Waals surface area contributed by atoms with Gasteiger partial charge in [0, 0.05) is 6.07 Å². The molecule has 0 fully saturated rings. The molecule has 20 heavy (non-hydrogen) atoms. The van der Waals surface area contributed by atoms with Crippen molar-refractivity contribution in [3.63, 3.8) is 0 Å². The molecule has 1 aromatic carbocycles. The van der Waals surface area contributed by atoms with Crippen LogP contribution in [0.25, 0.3) is 0 Å². The van der Waals surface area contributed by atoms with Crippen LogP contribution in [0.3, 0.4) is 0 Å². The van der Waals surface area contributed by atoms with Gasteiger partial charge in [0.2, 0.25) is 5.95 Å². The van der Waals surface area contributed by atoms with Crippen molar-refractivity contribution in [1.29, 1.82) is 0 Å². The molecule has 0 aliphatic rings. The van der Waals surface area contributed by atoms with E-state index in [2.05, 4.69) is 20.2 Å². The van der Waals surface area contributed by atoms with E-state index in [4.69, 9.17) is 17.2 Å². The van der Waals surface area contributed by atoms with Crippen LogP contribution in [0, 0.1) is 10.1 Å². The molecule has 0 bridgehead atoms. The first-order chi connectivity index (χ1) is 9.49. The lowest BCUT2D eigenvalue weighted by atomic mass is 10.3. The van der Waals surface area contributed by atoms with Crippen LogP contribution in [-0.4, -0.2) is 14.9 Å². The normalized spacial score (nSPS) is 10.8. The fourth-order valence-electron chi connectivity index (χ4n) is 1.42. The van der Waals surface area contributed by atoms with E-state index in [1.54, 1.807) is 6.07 Å². The molecular weight excluding hydrogens is 264 g/mol. The van der Waals surface area contributed by atoms with Gasteiger partial charge in [0.25, 0.3) is 5.69 Å². The first kappa shape index (κ1) is 13.1. The Morgan fingerprint density at radius 1 is 1.05 bits per heavy atom. The largest absolute Gasteiger partial charge is 0.382 e. The predicted molar refractivity (Wildman–Crippen MR) is 72.5 cm³/mol. The van der Waals surface area contributed by atoms with Gasteiger partial charge in [-0.15, -0.1) is 10.2 Å². The number of aromatic nitrogens is 2. The summed E-state index contributed by atoms with van der Waals surface area (Å²) in [6.07, 6.45) is 0. The minimum Gasteiger partial charge on any atom is -0.382 e. The Morgan fingerprint density at radius 2 is 1.65 bits per heavy atom. The highest BCUT2D eigenvalue weighted by molar-refractivity contribution is 5.71. The van der Waals surface area contributed by atoms with Crippen LogP contribution in [-0.2, 0) is 0 Å². The zero-order valence-corrected chi connectivity index (χ0v) is 10.1. The SMILES string of the molecule is Nc1nc(N)c(/N=N/c2ccccc2[N+](=O)[O-])c(N)n1. The number of nitrogens with zero attached hydrogens (tertiary/aromatic N) is 5. The molecule has 1 heterocycles. The van der Waals surface area contributed by atoms with Crippen molar-refractivity contribution in [3.8, 4) is 0 Å². The number of azo groups is 1. The number of hydrogen-bond acceptors (Lipinski definition) is 9. The Morgan fingerprint density at radius 3 is 2.25 bits per heavy atom. The summed E-state index contributed by atoms with van der Waals surface area (Å²) in [6.45, 7) is 0. The number of benzene rings is 1. The standard InChI is InChI=1S/C10H10N8O2/c11-8-7(9(12)15-10(13)14-8)17-16-5-3-1-2-4-6(5)18(19)20/h1-4H,(H6,11,12,13,14,15)/b17-16+. The van der Waals surface area contributed by atoms with Crippen molar-refractivity contribution in [2.75, 3.05) is 17.2 Å². The fourth-order valence-corrected chi connectivity index (χ4v) is 1.42. The summed E-state index contributed by atoms with van der Waals surface area (Å²) in [4.78, 5) is 17.6. The molecule has 0 amide bonds.